The van der Waals surface area contributed by atoms with Crippen LogP contribution in [0.5, 0.6) is 0 Å². The number of carbonyl (C=O) groups excluding carboxylic acids is 1. The average Bonchev–Trinajstić information content (AvgIpc) is 2.87. The molecule has 1 aromatic heterocycles. The maximum absolute atomic E-state index is 14.0. The highest BCUT2D eigenvalue weighted by Crippen LogP contribution is 2.30. The Labute approximate surface area is 153 Å². The van der Waals surface area contributed by atoms with Gasteiger partial charge in [0.05, 0.1) is 15.5 Å². The summed E-state index contributed by atoms with van der Waals surface area (Å²) in [4.78, 5) is 12.9. The van der Waals surface area contributed by atoms with E-state index >= 15 is 0 Å². The van der Waals surface area contributed by atoms with Gasteiger partial charge in [0.25, 0.3) is 0 Å². The van der Waals surface area contributed by atoms with Crippen molar-refractivity contribution in [3.63, 3.8) is 0 Å². The van der Waals surface area contributed by atoms with Crippen molar-refractivity contribution in [2.45, 2.75) is 39.3 Å². The minimum atomic E-state index is -0.591. The zero-order chi connectivity index (χ0) is 17.9. The first kappa shape index (κ1) is 18.7. The molecule has 1 heterocycles. The highest BCUT2D eigenvalue weighted by molar-refractivity contribution is 9.11. The van der Waals surface area contributed by atoms with Gasteiger partial charge >= 0.3 is 6.09 Å². The number of carbonyl (C=O) groups is 1. The maximum atomic E-state index is 14.0. The minimum Gasteiger partial charge on any atom is -0.444 e. The van der Waals surface area contributed by atoms with E-state index in [0.717, 1.165) is 8.66 Å². The largest absolute Gasteiger partial charge is 0.444 e. The van der Waals surface area contributed by atoms with Gasteiger partial charge in [0.2, 0.25) is 0 Å². The van der Waals surface area contributed by atoms with E-state index in [1.165, 1.54) is 12.1 Å². The van der Waals surface area contributed by atoms with Crippen LogP contribution in [0, 0.1) is 5.82 Å². The number of halogens is 2. The second kappa shape index (κ2) is 7.53. The molecule has 1 atom stereocenters. The van der Waals surface area contributed by atoms with Crippen LogP contribution in [0.2, 0.25) is 0 Å². The number of thiophene rings is 1. The van der Waals surface area contributed by atoms with Gasteiger partial charge < -0.3 is 10.1 Å². The molecule has 0 bridgehead atoms. The molecule has 0 radical (unpaired) electrons. The highest BCUT2D eigenvalue weighted by Gasteiger charge is 2.17. The summed E-state index contributed by atoms with van der Waals surface area (Å²) in [7, 11) is 0. The number of ether oxygens (including phenoxy) is 1. The van der Waals surface area contributed by atoms with E-state index in [-0.39, 0.29) is 11.9 Å². The fraction of sp³-hybridized carbons (Fsp3) is 0.353. The van der Waals surface area contributed by atoms with E-state index < -0.39 is 11.7 Å². The van der Waals surface area contributed by atoms with Crippen LogP contribution in [0.15, 0.2) is 34.1 Å². The van der Waals surface area contributed by atoms with Crippen molar-refractivity contribution in [1.29, 1.82) is 0 Å². The monoisotopic (exact) mass is 414 g/mol. The highest BCUT2D eigenvalue weighted by atomic mass is 79.9. The molecule has 0 spiro atoms. The first-order chi connectivity index (χ1) is 11.1. The number of benzene rings is 1. The second-order valence-electron chi connectivity index (χ2n) is 6.33. The molecule has 2 aromatic rings. The molecule has 7 heteroatoms. The Morgan fingerprint density at radius 2 is 2.00 bits per heavy atom. The molecular formula is C17H20BrFN2O2S. The van der Waals surface area contributed by atoms with Crippen LogP contribution in [0.4, 0.5) is 20.6 Å². The zero-order valence-corrected chi connectivity index (χ0v) is 16.3. The topological polar surface area (TPSA) is 50.4 Å². The summed E-state index contributed by atoms with van der Waals surface area (Å²) < 4.78 is 20.3. The molecule has 1 unspecified atom stereocenters. The number of nitrogens with one attached hydrogen (secondary N) is 2. The van der Waals surface area contributed by atoms with Crippen molar-refractivity contribution < 1.29 is 13.9 Å². The van der Waals surface area contributed by atoms with Crippen molar-refractivity contribution >= 4 is 44.7 Å². The first-order valence-corrected chi connectivity index (χ1v) is 9.06. The summed E-state index contributed by atoms with van der Waals surface area (Å²) in [6, 6.07) is 8.23. The van der Waals surface area contributed by atoms with Gasteiger partial charge in [-0.3, -0.25) is 5.32 Å². The summed E-state index contributed by atoms with van der Waals surface area (Å²) >= 11 is 5.00. The fourth-order valence-electron chi connectivity index (χ4n) is 2.00. The van der Waals surface area contributed by atoms with Crippen LogP contribution >= 0.6 is 27.3 Å². The van der Waals surface area contributed by atoms with Crippen molar-refractivity contribution in [2.24, 2.45) is 0 Å². The van der Waals surface area contributed by atoms with Crippen LogP contribution in [-0.2, 0) is 4.74 Å². The van der Waals surface area contributed by atoms with Gasteiger partial charge in [-0.1, -0.05) is 0 Å². The van der Waals surface area contributed by atoms with E-state index in [1.807, 2.05) is 19.1 Å². The number of hydrogen-bond donors (Lipinski definition) is 2. The van der Waals surface area contributed by atoms with E-state index in [0.29, 0.717) is 11.4 Å². The molecule has 1 amide bonds. The lowest BCUT2D eigenvalue weighted by atomic mass is 10.2. The third-order valence-corrected chi connectivity index (χ3v) is 4.81. The molecule has 2 rings (SSSR count). The molecule has 0 saturated heterocycles. The van der Waals surface area contributed by atoms with Gasteiger partial charge in [0, 0.05) is 10.6 Å². The fourth-order valence-corrected chi connectivity index (χ4v) is 3.43. The molecule has 24 heavy (non-hydrogen) atoms. The van der Waals surface area contributed by atoms with Gasteiger partial charge in [0.1, 0.15) is 11.4 Å². The van der Waals surface area contributed by atoms with Crippen molar-refractivity contribution in [3.8, 4) is 0 Å². The quantitative estimate of drug-likeness (QED) is 0.628. The van der Waals surface area contributed by atoms with E-state index in [1.54, 1.807) is 38.2 Å². The Kier molecular flexibility index (Phi) is 5.87. The Bertz CT molecular complexity index is 728. The number of rotatable bonds is 4. The molecule has 4 nitrogen and oxygen atoms in total. The maximum Gasteiger partial charge on any atom is 0.412 e. The smallest absolute Gasteiger partial charge is 0.412 e. The normalized spacial score (nSPS) is 12.6. The molecule has 130 valence electrons. The molecular weight excluding hydrogens is 395 g/mol. The third-order valence-electron chi connectivity index (χ3n) is 3.00. The van der Waals surface area contributed by atoms with E-state index in [4.69, 9.17) is 4.74 Å². The summed E-state index contributed by atoms with van der Waals surface area (Å²) in [6.45, 7) is 7.30. The lowest BCUT2D eigenvalue weighted by Crippen LogP contribution is -2.27. The SMILES string of the molecule is CC(Nc1cc(NC(=O)OC(C)(C)C)ccc1F)c1ccc(Br)s1. The van der Waals surface area contributed by atoms with E-state index in [2.05, 4.69) is 26.6 Å². The van der Waals surface area contributed by atoms with Gasteiger partial charge in [-0.2, -0.15) is 0 Å². The van der Waals surface area contributed by atoms with Crippen molar-refractivity contribution in [2.75, 3.05) is 10.6 Å². The van der Waals surface area contributed by atoms with Gasteiger partial charge in [0.15, 0.2) is 0 Å². The lowest BCUT2D eigenvalue weighted by Gasteiger charge is -2.20. The Morgan fingerprint density at radius 3 is 2.58 bits per heavy atom. The predicted octanol–water partition coefficient (Wildman–Crippen LogP) is 6.17. The average molecular weight is 415 g/mol. The predicted molar refractivity (Wildman–Crippen MR) is 100 cm³/mol. The standard InChI is InChI=1S/C17H20BrFN2O2S/c1-10(14-7-8-15(18)24-14)20-13-9-11(5-6-12(13)19)21-16(22)23-17(2,3)4/h5-10,20H,1-4H3,(H,21,22). The van der Waals surface area contributed by atoms with Crippen molar-refractivity contribution in [3.05, 3.63) is 44.8 Å². The zero-order valence-electron chi connectivity index (χ0n) is 13.9. The van der Waals surface area contributed by atoms with Crippen LogP contribution in [0.1, 0.15) is 38.6 Å². The Balaban J connectivity index is 2.09. The van der Waals surface area contributed by atoms with Crippen molar-refractivity contribution in [1.82, 2.24) is 0 Å². The third kappa shape index (κ3) is 5.49. The number of hydrogen-bond acceptors (Lipinski definition) is 4. The van der Waals surface area contributed by atoms with Crippen LogP contribution in [0.3, 0.4) is 0 Å². The van der Waals surface area contributed by atoms with Gasteiger partial charge in [-0.15, -0.1) is 11.3 Å². The molecule has 0 aliphatic rings. The minimum absolute atomic E-state index is 0.0624. The molecule has 0 aliphatic carbocycles. The Morgan fingerprint density at radius 1 is 1.29 bits per heavy atom. The van der Waals surface area contributed by atoms with E-state index in [9.17, 15) is 9.18 Å². The molecule has 1 aromatic carbocycles. The number of amides is 1. The lowest BCUT2D eigenvalue weighted by molar-refractivity contribution is 0.0636. The summed E-state index contributed by atoms with van der Waals surface area (Å²) in [5, 5.41) is 5.73. The van der Waals surface area contributed by atoms with Gasteiger partial charge in [-0.25, -0.2) is 9.18 Å². The van der Waals surface area contributed by atoms with Crippen LogP contribution < -0.4 is 10.6 Å². The molecule has 0 fully saturated rings. The van der Waals surface area contributed by atoms with Crippen LogP contribution in [0.25, 0.3) is 0 Å². The van der Waals surface area contributed by atoms with Crippen LogP contribution in [-0.4, -0.2) is 11.7 Å². The molecule has 2 N–H and O–H groups in total. The Hall–Kier alpha value is -1.60. The molecule has 0 saturated carbocycles. The first-order valence-electron chi connectivity index (χ1n) is 7.45. The van der Waals surface area contributed by atoms with Gasteiger partial charge in [-0.05, 0) is 74.0 Å². The number of anilines is 2. The second-order valence-corrected chi connectivity index (χ2v) is 8.82. The molecule has 0 aliphatic heterocycles. The summed E-state index contributed by atoms with van der Waals surface area (Å²) in [5.41, 5.74) is 0.194. The summed E-state index contributed by atoms with van der Waals surface area (Å²) in [6.07, 6.45) is -0.574. The summed E-state index contributed by atoms with van der Waals surface area (Å²) in [5.74, 6) is -0.382.